The fourth-order valence-electron chi connectivity index (χ4n) is 5.24. The zero-order valence-corrected chi connectivity index (χ0v) is 24.4. The van der Waals surface area contributed by atoms with Crippen LogP contribution < -0.4 is 10.1 Å². The summed E-state index contributed by atoms with van der Waals surface area (Å²) in [7, 11) is 0. The van der Waals surface area contributed by atoms with Gasteiger partial charge in [0, 0.05) is 16.6 Å². The zero-order valence-electron chi connectivity index (χ0n) is 23.7. The molecule has 0 aliphatic carbocycles. The van der Waals surface area contributed by atoms with Crippen molar-refractivity contribution in [3.05, 3.63) is 94.5 Å². The van der Waals surface area contributed by atoms with E-state index in [9.17, 15) is 4.79 Å². The average molecular weight is 547 g/mol. The monoisotopic (exact) mass is 546 g/mol. The van der Waals surface area contributed by atoms with E-state index in [0.717, 1.165) is 48.9 Å². The Bertz CT molecular complexity index is 1170. The molecule has 5 heteroatoms. The summed E-state index contributed by atoms with van der Waals surface area (Å²) in [5.74, 6) is 1.54. The van der Waals surface area contributed by atoms with Gasteiger partial charge in [0.25, 0.3) is 0 Å². The van der Waals surface area contributed by atoms with Gasteiger partial charge in [0.1, 0.15) is 11.9 Å². The summed E-state index contributed by atoms with van der Waals surface area (Å²) in [6, 6.07) is 24.8. The number of piperidine rings is 1. The number of carbonyl (C=O) groups excluding carboxylic acids is 1. The number of rotatable bonds is 12. The first-order valence-electron chi connectivity index (χ1n) is 14.5. The van der Waals surface area contributed by atoms with Crippen LogP contribution in [0.5, 0.6) is 5.75 Å². The molecule has 4 rings (SSSR count). The van der Waals surface area contributed by atoms with Crippen LogP contribution in [0.2, 0.25) is 5.02 Å². The third kappa shape index (κ3) is 9.12. The Kier molecular flexibility index (Phi) is 10.9. The van der Waals surface area contributed by atoms with Crippen LogP contribution in [0.4, 0.5) is 5.69 Å². The van der Waals surface area contributed by atoms with Gasteiger partial charge in [-0.05, 0) is 112 Å². The number of halogens is 1. The number of amides is 1. The van der Waals surface area contributed by atoms with Crippen molar-refractivity contribution in [2.45, 2.75) is 71.3 Å². The van der Waals surface area contributed by atoms with Gasteiger partial charge in [0.2, 0.25) is 5.91 Å². The van der Waals surface area contributed by atoms with Crippen LogP contribution in [0, 0.1) is 12.8 Å². The van der Waals surface area contributed by atoms with E-state index in [1.165, 1.54) is 42.4 Å². The molecule has 1 aliphatic heterocycles. The molecule has 39 heavy (non-hydrogen) atoms. The Labute approximate surface area is 239 Å². The van der Waals surface area contributed by atoms with Gasteiger partial charge in [-0.15, -0.1) is 0 Å². The standard InChI is InChI=1S/C34H43ClN2O2/c1-25(2)34(38)36-31-9-7-8-29(24-31)27-19-22-37(23-20-27)21-6-4-5-10-33(28-13-15-30(35)16-14-28)39-32-17-11-26(3)12-18-32/h7-9,11-18,24-25,27,33H,4-6,10,19-23H2,1-3H3,(H,36,38). The van der Waals surface area contributed by atoms with E-state index in [4.69, 9.17) is 16.3 Å². The van der Waals surface area contributed by atoms with Gasteiger partial charge in [-0.25, -0.2) is 0 Å². The molecule has 4 nitrogen and oxygen atoms in total. The second-order valence-electron chi connectivity index (χ2n) is 11.2. The molecule has 1 fully saturated rings. The maximum atomic E-state index is 12.1. The Morgan fingerprint density at radius 2 is 1.69 bits per heavy atom. The molecule has 0 aromatic heterocycles. The van der Waals surface area contributed by atoms with Crippen molar-refractivity contribution in [1.29, 1.82) is 0 Å². The van der Waals surface area contributed by atoms with Crippen LogP contribution in [-0.4, -0.2) is 30.4 Å². The van der Waals surface area contributed by atoms with Crippen LogP contribution >= 0.6 is 11.6 Å². The summed E-state index contributed by atoms with van der Waals surface area (Å²) >= 11 is 6.13. The molecule has 0 bridgehead atoms. The Hall–Kier alpha value is -2.82. The van der Waals surface area contributed by atoms with Gasteiger partial charge in [-0.2, -0.15) is 0 Å². The quantitative estimate of drug-likeness (QED) is 0.231. The number of carbonyl (C=O) groups is 1. The number of ether oxygens (including phenoxy) is 1. The lowest BCUT2D eigenvalue weighted by atomic mass is 9.89. The fraction of sp³-hybridized carbons (Fsp3) is 0.441. The SMILES string of the molecule is Cc1ccc(OC(CCCCCN2CCC(c3cccc(NC(=O)C(C)C)c3)CC2)c2ccc(Cl)cc2)cc1. The summed E-state index contributed by atoms with van der Waals surface area (Å²) in [4.78, 5) is 14.7. The highest BCUT2D eigenvalue weighted by molar-refractivity contribution is 6.30. The van der Waals surface area contributed by atoms with Crippen molar-refractivity contribution in [3.8, 4) is 5.75 Å². The molecular formula is C34H43ClN2O2. The van der Waals surface area contributed by atoms with Crippen LogP contribution in [0.1, 0.15) is 81.1 Å². The molecule has 0 saturated carbocycles. The number of unbranched alkanes of at least 4 members (excludes halogenated alkanes) is 2. The molecule has 3 aromatic carbocycles. The van der Waals surface area contributed by atoms with Crippen LogP contribution in [0.25, 0.3) is 0 Å². The Morgan fingerprint density at radius 3 is 2.38 bits per heavy atom. The summed E-state index contributed by atoms with van der Waals surface area (Å²) < 4.78 is 6.41. The molecule has 0 spiro atoms. The highest BCUT2D eigenvalue weighted by Crippen LogP contribution is 2.31. The lowest BCUT2D eigenvalue weighted by Gasteiger charge is -2.32. The van der Waals surface area contributed by atoms with Crippen LogP contribution in [0.15, 0.2) is 72.8 Å². The van der Waals surface area contributed by atoms with Crippen molar-refractivity contribution < 1.29 is 9.53 Å². The Morgan fingerprint density at radius 1 is 0.974 bits per heavy atom. The van der Waals surface area contributed by atoms with Crippen molar-refractivity contribution in [2.24, 2.45) is 5.92 Å². The van der Waals surface area contributed by atoms with Gasteiger partial charge >= 0.3 is 0 Å². The maximum absolute atomic E-state index is 12.1. The number of anilines is 1. The van der Waals surface area contributed by atoms with Gasteiger partial charge in [-0.3, -0.25) is 4.79 Å². The molecule has 3 aromatic rings. The largest absolute Gasteiger partial charge is 0.486 e. The number of likely N-dealkylation sites (tertiary alicyclic amines) is 1. The number of nitrogens with zero attached hydrogens (tertiary/aromatic N) is 1. The van der Waals surface area contributed by atoms with E-state index < -0.39 is 0 Å². The number of hydrogen-bond acceptors (Lipinski definition) is 3. The van der Waals surface area contributed by atoms with Gasteiger partial charge in [0.15, 0.2) is 0 Å². The summed E-state index contributed by atoms with van der Waals surface area (Å²) in [5, 5.41) is 3.79. The van der Waals surface area contributed by atoms with E-state index >= 15 is 0 Å². The maximum Gasteiger partial charge on any atom is 0.226 e. The zero-order chi connectivity index (χ0) is 27.6. The lowest BCUT2D eigenvalue weighted by molar-refractivity contribution is -0.118. The first-order valence-corrected chi connectivity index (χ1v) is 14.9. The third-order valence-electron chi connectivity index (χ3n) is 7.72. The number of nitrogens with one attached hydrogen (secondary N) is 1. The number of aryl methyl sites for hydroxylation is 1. The molecule has 1 N–H and O–H groups in total. The van der Waals surface area contributed by atoms with E-state index in [-0.39, 0.29) is 17.9 Å². The van der Waals surface area contributed by atoms with Crippen molar-refractivity contribution in [1.82, 2.24) is 4.90 Å². The van der Waals surface area contributed by atoms with Crippen LogP contribution in [0.3, 0.4) is 0 Å². The summed E-state index contributed by atoms with van der Waals surface area (Å²) in [6.45, 7) is 9.37. The lowest BCUT2D eigenvalue weighted by Crippen LogP contribution is -2.33. The first kappa shape index (κ1) is 29.2. The smallest absolute Gasteiger partial charge is 0.226 e. The predicted molar refractivity (Wildman–Crippen MR) is 163 cm³/mol. The molecule has 208 valence electrons. The minimum absolute atomic E-state index is 0.0130. The number of hydrogen-bond donors (Lipinski definition) is 1. The molecule has 1 atom stereocenters. The highest BCUT2D eigenvalue weighted by Gasteiger charge is 2.21. The highest BCUT2D eigenvalue weighted by atomic mass is 35.5. The van der Waals surface area contributed by atoms with Gasteiger partial charge in [-0.1, -0.05) is 73.8 Å². The predicted octanol–water partition coefficient (Wildman–Crippen LogP) is 8.80. The summed E-state index contributed by atoms with van der Waals surface area (Å²) in [5.41, 5.74) is 4.67. The first-order chi connectivity index (χ1) is 18.9. The van der Waals surface area contributed by atoms with E-state index in [1.807, 2.05) is 32.0 Å². The fourth-order valence-corrected chi connectivity index (χ4v) is 5.37. The van der Waals surface area contributed by atoms with Gasteiger partial charge < -0.3 is 15.0 Å². The molecule has 1 amide bonds. The van der Waals surface area contributed by atoms with E-state index in [0.29, 0.717) is 5.92 Å². The average Bonchev–Trinajstić information content (AvgIpc) is 2.94. The number of benzene rings is 3. The Balaban J connectivity index is 1.20. The molecule has 1 aliphatic rings. The third-order valence-corrected chi connectivity index (χ3v) is 7.97. The molecule has 1 saturated heterocycles. The van der Waals surface area contributed by atoms with Crippen molar-refractivity contribution in [2.75, 3.05) is 25.0 Å². The minimum atomic E-state index is -0.0130. The molecular weight excluding hydrogens is 504 g/mol. The molecule has 1 heterocycles. The second-order valence-corrected chi connectivity index (χ2v) is 11.6. The normalized spacial score (nSPS) is 15.3. The molecule has 0 radical (unpaired) electrons. The van der Waals surface area contributed by atoms with Crippen molar-refractivity contribution in [3.63, 3.8) is 0 Å². The van der Waals surface area contributed by atoms with Crippen molar-refractivity contribution >= 4 is 23.2 Å². The second kappa shape index (κ2) is 14.5. The molecule has 1 unspecified atom stereocenters. The van der Waals surface area contributed by atoms with Gasteiger partial charge in [0.05, 0.1) is 0 Å². The minimum Gasteiger partial charge on any atom is -0.486 e. The van der Waals surface area contributed by atoms with E-state index in [2.05, 4.69) is 71.7 Å². The van der Waals surface area contributed by atoms with E-state index in [1.54, 1.807) is 0 Å². The summed E-state index contributed by atoms with van der Waals surface area (Å²) in [6.07, 6.45) is 6.89. The van der Waals surface area contributed by atoms with Crippen LogP contribution in [-0.2, 0) is 4.79 Å². The topological polar surface area (TPSA) is 41.6 Å².